The molecule has 21 heavy (non-hydrogen) atoms. The summed E-state index contributed by atoms with van der Waals surface area (Å²) in [4.78, 5) is 13.2. The minimum absolute atomic E-state index is 0.125. The Balaban J connectivity index is 2.13. The fourth-order valence-corrected chi connectivity index (χ4v) is 3.13. The maximum atomic E-state index is 11.2. The van der Waals surface area contributed by atoms with Crippen molar-refractivity contribution in [1.29, 1.82) is 0 Å². The number of nitrogens with one attached hydrogen (secondary N) is 1. The van der Waals surface area contributed by atoms with Crippen LogP contribution in [0.15, 0.2) is 18.2 Å². The lowest BCUT2D eigenvalue weighted by atomic mass is 9.98. The Labute approximate surface area is 130 Å². The maximum absolute atomic E-state index is 11.2. The first-order valence-electron chi connectivity index (χ1n) is 7.43. The summed E-state index contributed by atoms with van der Waals surface area (Å²) < 4.78 is 0. The molecule has 0 saturated carbocycles. The van der Waals surface area contributed by atoms with E-state index in [0.29, 0.717) is 17.6 Å². The molecule has 1 saturated heterocycles. The molecule has 0 bridgehead atoms. The molecule has 1 aromatic carbocycles. The summed E-state index contributed by atoms with van der Waals surface area (Å²) in [6.45, 7) is 2.61. The molecule has 1 atom stereocenters. The third kappa shape index (κ3) is 4.40. The normalized spacial score (nSPS) is 19.6. The lowest BCUT2D eigenvalue weighted by Gasteiger charge is -2.35. The number of piperidine rings is 1. The molecule has 0 aromatic heterocycles. The van der Waals surface area contributed by atoms with Gasteiger partial charge in [0.05, 0.1) is 4.92 Å². The molecule has 1 heterocycles. The first kappa shape index (κ1) is 16.2. The predicted octanol–water partition coefficient (Wildman–Crippen LogP) is 3.21. The molecule has 5 nitrogen and oxygen atoms in total. The highest BCUT2D eigenvalue weighted by Crippen LogP contribution is 2.28. The summed E-state index contributed by atoms with van der Waals surface area (Å²) in [5, 5.41) is 14.8. The predicted molar refractivity (Wildman–Crippen MR) is 84.7 cm³/mol. The monoisotopic (exact) mass is 311 g/mol. The fraction of sp³-hybridized carbons (Fsp3) is 0.600. The summed E-state index contributed by atoms with van der Waals surface area (Å²) in [6.07, 6.45) is 4.66. The molecule has 0 aliphatic carbocycles. The molecule has 1 N–H and O–H groups in total. The molecule has 6 heteroatoms. The van der Waals surface area contributed by atoms with Crippen molar-refractivity contribution in [3.63, 3.8) is 0 Å². The van der Waals surface area contributed by atoms with E-state index in [0.717, 1.165) is 31.5 Å². The van der Waals surface area contributed by atoms with Gasteiger partial charge in [0.2, 0.25) is 0 Å². The van der Waals surface area contributed by atoms with E-state index in [-0.39, 0.29) is 10.6 Å². The second kappa shape index (κ2) is 7.73. The number of hydrogen-bond acceptors (Lipinski definition) is 4. The lowest BCUT2D eigenvalue weighted by Crippen LogP contribution is -2.40. The van der Waals surface area contributed by atoms with Crippen molar-refractivity contribution in [3.8, 4) is 0 Å². The standard InChI is InChI=1S/C15H22ClN3O2/c1-17-8-7-14-4-2-3-9-18(14)11-12-5-6-13(16)10-15(12)19(20)21/h5-6,10,14,17H,2-4,7-9,11H2,1H3. The molecule has 1 fully saturated rings. The van der Waals surface area contributed by atoms with Gasteiger partial charge < -0.3 is 5.32 Å². The second-order valence-electron chi connectivity index (χ2n) is 5.54. The molecule has 0 spiro atoms. The number of likely N-dealkylation sites (tertiary alicyclic amines) is 1. The van der Waals surface area contributed by atoms with Gasteiger partial charge in [0, 0.05) is 29.2 Å². The summed E-state index contributed by atoms with van der Waals surface area (Å²) in [6, 6.07) is 5.46. The van der Waals surface area contributed by atoms with Crippen molar-refractivity contribution in [2.75, 3.05) is 20.1 Å². The zero-order valence-corrected chi connectivity index (χ0v) is 13.1. The van der Waals surface area contributed by atoms with Crippen LogP contribution in [0.1, 0.15) is 31.2 Å². The van der Waals surface area contributed by atoms with Gasteiger partial charge in [-0.25, -0.2) is 0 Å². The van der Waals surface area contributed by atoms with Gasteiger partial charge in [-0.1, -0.05) is 18.0 Å². The summed E-state index contributed by atoms with van der Waals surface area (Å²) in [5.41, 5.74) is 0.876. The van der Waals surface area contributed by atoms with Crippen molar-refractivity contribution < 1.29 is 4.92 Å². The Morgan fingerprint density at radius 1 is 1.48 bits per heavy atom. The van der Waals surface area contributed by atoms with Gasteiger partial charge in [0.25, 0.3) is 5.69 Å². The minimum Gasteiger partial charge on any atom is -0.320 e. The van der Waals surface area contributed by atoms with Crippen molar-refractivity contribution in [2.24, 2.45) is 0 Å². The van der Waals surface area contributed by atoms with Gasteiger partial charge in [-0.15, -0.1) is 0 Å². The molecule has 2 rings (SSSR count). The number of rotatable bonds is 6. The third-order valence-corrected chi connectivity index (χ3v) is 4.33. The van der Waals surface area contributed by atoms with Crippen molar-refractivity contribution >= 4 is 17.3 Å². The van der Waals surface area contributed by atoms with E-state index in [9.17, 15) is 10.1 Å². The van der Waals surface area contributed by atoms with E-state index in [2.05, 4.69) is 10.2 Å². The SMILES string of the molecule is CNCCC1CCCCN1Cc1ccc(Cl)cc1[N+](=O)[O-]. The zero-order valence-electron chi connectivity index (χ0n) is 12.3. The quantitative estimate of drug-likeness (QED) is 0.647. The van der Waals surface area contributed by atoms with Crippen LogP contribution in [0, 0.1) is 10.1 Å². The fourth-order valence-electron chi connectivity index (χ4n) is 2.97. The molecule has 0 radical (unpaired) electrons. The number of nitro benzene ring substituents is 1. The van der Waals surface area contributed by atoms with Gasteiger partial charge >= 0.3 is 0 Å². The Bertz CT molecular complexity index is 496. The number of benzene rings is 1. The maximum Gasteiger partial charge on any atom is 0.275 e. The Morgan fingerprint density at radius 3 is 3.00 bits per heavy atom. The van der Waals surface area contributed by atoms with Crippen LogP contribution in [0.4, 0.5) is 5.69 Å². The molecule has 116 valence electrons. The van der Waals surface area contributed by atoms with E-state index in [1.807, 2.05) is 7.05 Å². The van der Waals surface area contributed by atoms with Crippen LogP contribution in [0.25, 0.3) is 0 Å². The van der Waals surface area contributed by atoms with E-state index in [1.165, 1.54) is 18.9 Å². The number of halogens is 1. The van der Waals surface area contributed by atoms with Crippen LogP contribution in [0.3, 0.4) is 0 Å². The van der Waals surface area contributed by atoms with Crippen molar-refractivity contribution in [1.82, 2.24) is 10.2 Å². The molecule has 0 amide bonds. The van der Waals surface area contributed by atoms with Crippen LogP contribution < -0.4 is 5.32 Å². The Hall–Kier alpha value is -1.17. The van der Waals surface area contributed by atoms with Crippen LogP contribution in [0.2, 0.25) is 5.02 Å². The first-order chi connectivity index (χ1) is 10.1. The molecular weight excluding hydrogens is 290 g/mol. The molecule has 1 aliphatic rings. The highest BCUT2D eigenvalue weighted by atomic mass is 35.5. The van der Waals surface area contributed by atoms with Gasteiger partial charge in [-0.2, -0.15) is 0 Å². The summed E-state index contributed by atoms with van der Waals surface area (Å²) in [7, 11) is 1.96. The second-order valence-corrected chi connectivity index (χ2v) is 5.98. The van der Waals surface area contributed by atoms with E-state index in [4.69, 9.17) is 11.6 Å². The van der Waals surface area contributed by atoms with Crippen molar-refractivity contribution in [3.05, 3.63) is 38.9 Å². The first-order valence-corrected chi connectivity index (χ1v) is 7.81. The van der Waals surface area contributed by atoms with Crippen LogP contribution in [-0.2, 0) is 6.54 Å². The molecular formula is C15H22ClN3O2. The zero-order chi connectivity index (χ0) is 15.2. The van der Waals surface area contributed by atoms with Crippen molar-refractivity contribution in [2.45, 2.75) is 38.3 Å². The smallest absolute Gasteiger partial charge is 0.275 e. The highest BCUT2D eigenvalue weighted by molar-refractivity contribution is 6.30. The summed E-state index contributed by atoms with van der Waals surface area (Å²) >= 11 is 5.87. The lowest BCUT2D eigenvalue weighted by molar-refractivity contribution is -0.385. The number of hydrogen-bond donors (Lipinski definition) is 1. The molecule has 1 aliphatic heterocycles. The topological polar surface area (TPSA) is 58.4 Å². The van der Waals surface area contributed by atoms with Crippen LogP contribution in [0.5, 0.6) is 0 Å². The van der Waals surface area contributed by atoms with E-state index in [1.54, 1.807) is 12.1 Å². The average molecular weight is 312 g/mol. The number of nitrogens with zero attached hydrogens (tertiary/aromatic N) is 2. The molecule has 1 aromatic rings. The third-order valence-electron chi connectivity index (χ3n) is 4.09. The van der Waals surface area contributed by atoms with Crippen LogP contribution in [-0.4, -0.2) is 36.0 Å². The van der Waals surface area contributed by atoms with E-state index >= 15 is 0 Å². The number of nitro groups is 1. The van der Waals surface area contributed by atoms with Gasteiger partial charge in [-0.3, -0.25) is 15.0 Å². The largest absolute Gasteiger partial charge is 0.320 e. The van der Waals surface area contributed by atoms with E-state index < -0.39 is 0 Å². The highest BCUT2D eigenvalue weighted by Gasteiger charge is 2.24. The van der Waals surface area contributed by atoms with Gasteiger partial charge in [0.15, 0.2) is 0 Å². The van der Waals surface area contributed by atoms with Gasteiger partial charge in [0.1, 0.15) is 0 Å². The molecule has 1 unspecified atom stereocenters. The minimum atomic E-state index is -0.340. The Kier molecular flexibility index (Phi) is 5.96. The summed E-state index contributed by atoms with van der Waals surface area (Å²) in [5.74, 6) is 0. The Morgan fingerprint density at radius 2 is 2.29 bits per heavy atom. The average Bonchev–Trinajstić information content (AvgIpc) is 2.48. The van der Waals surface area contributed by atoms with Crippen LogP contribution >= 0.6 is 11.6 Å². The van der Waals surface area contributed by atoms with Gasteiger partial charge in [-0.05, 0) is 51.5 Å².